The van der Waals surface area contributed by atoms with Crippen LogP contribution in [0.4, 0.5) is 5.69 Å². The van der Waals surface area contributed by atoms with Crippen molar-refractivity contribution in [2.45, 2.75) is 18.9 Å². The summed E-state index contributed by atoms with van der Waals surface area (Å²) in [6.07, 6.45) is 6.26. The minimum Gasteiger partial charge on any atom is -0.458 e. The van der Waals surface area contributed by atoms with Crippen molar-refractivity contribution in [3.63, 3.8) is 0 Å². The lowest BCUT2D eigenvalue weighted by molar-refractivity contribution is -0.0123. The average molecular weight is 296 g/mol. The van der Waals surface area contributed by atoms with Crippen LogP contribution in [0.25, 0.3) is 11.1 Å². The number of hydrogen-bond donors (Lipinski definition) is 1. The van der Waals surface area contributed by atoms with Crippen LogP contribution in [-0.2, 0) is 0 Å². The van der Waals surface area contributed by atoms with Crippen LogP contribution in [0.15, 0.2) is 36.7 Å². The third-order valence-electron chi connectivity index (χ3n) is 4.75. The fourth-order valence-electron chi connectivity index (χ4n) is 3.46. The highest BCUT2D eigenvalue weighted by Crippen LogP contribution is 2.30. The van der Waals surface area contributed by atoms with Crippen molar-refractivity contribution in [3.05, 3.63) is 36.7 Å². The Morgan fingerprint density at radius 2 is 1.82 bits per heavy atom. The van der Waals surface area contributed by atoms with Gasteiger partial charge in [-0.1, -0.05) is 18.2 Å². The zero-order valence-electron chi connectivity index (χ0n) is 12.5. The van der Waals surface area contributed by atoms with Crippen molar-refractivity contribution in [1.29, 1.82) is 0 Å². The van der Waals surface area contributed by atoms with Crippen LogP contribution in [0.1, 0.15) is 12.8 Å². The van der Waals surface area contributed by atoms with Gasteiger partial charge in [-0.3, -0.25) is 4.90 Å². The Balaban J connectivity index is 1.49. The van der Waals surface area contributed by atoms with E-state index in [9.17, 15) is 0 Å². The molecule has 2 N–H and O–H groups in total. The van der Waals surface area contributed by atoms with Crippen molar-refractivity contribution in [2.24, 2.45) is 5.92 Å². The fourth-order valence-corrected chi connectivity index (χ4v) is 3.46. The minimum absolute atomic E-state index is 0.232. The van der Waals surface area contributed by atoms with Gasteiger partial charge in [-0.2, -0.15) is 0 Å². The van der Waals surface area contributed by atoms with Gasteiger partial charge >= 0.3 is 6.01 Å². The van der Waals surface area contributed by atoms with Crippen LogP contribution in [0.5, 0.6) is 6.01 Å². The Morgan fingerprint density at radius 1 is 1.09 bits per heavy atom. The van der Waals surface area contributed by atoms with Crippen LogP contribution in [0.2, 0.25) is 0 Å². The molecule has 1 aromatic heterocycles. The highest BCUT2D eigenvalue weighted by molar-refractivity contribution is 5.74. The Labute approximate surface area is 130 Å². The Bertz CT molecular complexity index is 650. The van der Waals surface area contributed by atoms with Crippen molar-refractivity contribution in [2.75, 3.05) is 25.4 Å². The first-order valence-electron chi connectivity index (χ1n) is 7.85. The zero-order chi connectivity index (χ0) is 14.9. The van der Waals surface area contributed by atoms with Crippen LogP contribution in [-0.4, -0.2) is 40.6 Å². The predicted octanol–water partition coefficient (Wildman–Crippen LogP) is 2.20. The summed E-state index contributed by atoms with van der Waals surface area (Å²) >= 11 is 0. The molecule has 1 atom stereocenters. The number of piperidine rings is 3. The Morgan fingerprint density at radius 3 is 2.45 bits per heavy atom. The largest absolute Gasteiger partial charge is 0.458 e. The molecule has 5 heteroatoms. The molecule has 0 unspecified atom stereocenters. The lowest BCUT2D eigenvalue weighted by Crippen LogP contribution is -2.52. The second kappa shape index (κ2) is 5.57. The molecule has 3 fully saturated rings. The van der Waals surface area contributed by atoms with Crippen molar-refractivity contribution in [3.8, 4) is 17.1 Å². The van der Waals surface area contributed by atoms with E-state index in [0.717, 1.165) is 23.4 Å². The SMILES string of the molecule is Nc1ccccc1-c1cnc(O[C@H]2CN3CCC2CC3)nc1. The summed E-state index contributed by atoms with van der Waals surface area (Å²) in [4.78, 5) is 11.2. The van der Waals surface area contributed by atoms with Gasteiger partial charge in [-0.25, -0.2) is 9.97 Å². The molecule has 5 nitrogen and oxygen atoms in total. The highest BCUT2D eigenvalue weighted by Gasteiger charge is 2.35. The van der Waals surface area contributed by atoms with Gasteiger partial charge in [0.1, 0.15) is 6.10 Å². The van der Waals surface area contributed by atoms with E-state index in [1.807, 2.05) is 24.3 Å². The van der Waals surface area contributed by atoms with Crippen molar-refractivity contribution in [1.82, 2.24) is 14.9 Å². The van der Waals surface area contributed by atoms with E-state index in [2.05, 4.69) is 14.9 Å². The lowest BCUT2D eigenvalue weighted by atomic mass is 9.86. The summed E-state index contributed by atoms with van der Waals surface area (Å²) in [7, 11) is 0. The molecule has 0 radical (unpaired) electrons. The summed E-state index contributed by atoms with van der Waals surface area (Å²) in [5, 5.41) is 0. The normalized spacial score (nSPS) is 26.8. The molecule has 3 aliphatic rings. The number of para-hydroxylation sites is 1. The maximum absolute atomic E-state index is 6.02. The van der Waals surface area contributed by atoms with Gasteiger partial charge in [0, 0.05) is 35.8 Å². The summed E-state index contributed by atoms with van der Waals surface area (Å²) in [6, 6.07) is 8.21. The number of aromatic nitrogens is 2. The van der Waals surface area contributed by atoms with E-state index >= 15 is 0 Å². The second-order valence-corrected chi connectivity index (χ2v) is 6.14. The number of nitrogen functional groups attached to an aromatic ring is 1. The maximum Gasteiger partial charge on any atom is 0.316 e. The highest BCUT2D eigenvalue weighted by atomic mass is 16.5. The Hall–Kier alpha value is -2.14. The molecular formula is C17H20N4O. The minimum atomic E-state index is 0.232. The molecule has 114 valence electrons. The summed E-state index contributed by atoms with van der Waals surface area (Å²) in [6.45, 7) is 3.41. The number of anilines is 1. The van der Waals surface area contributed by atoms with Gasteiger partial charge < -0.3 is 10.5 Å². The van der Waals surface area contributed by atoms with Gasteiger partial charge in [-0.05, 0) is 37.9 Å². The third kappa shape index (κ3) is 2.52. The molecule has 4 heterocycles. The molecule has 2 bridgehead atoms. The van der Waals surface area contributed by atoms with Gasteiger partial charge in [0.15, 0.2) is 0 Å². The molecule has 22 heavy (non-hydrogen) atoms. The van der Waals surface area contributed by atoms with E-state index < -0.39 is 0 Å². The van der Waals surface area contributed by atoms with Gasteiger partial charge in [0.05, 0.1) is 0 Å². The molecule has 2 aromatic rings. The monoisotopic (exact) mass is 296 g/mol. The van der Waals surface area contributed by atoms with E-state index in [0.29, 0.717) is 11.9 Å². The molecule has 3 aliphatic heterocycles. The van der Waals surface area contributed by atoms with Gasteiger partial charge in [-0.15, -0.1) is 0 Å². The number of benzene rings is 1. The fraction of sp³-hybridized carbons (Fsp3) is 0.412. The first-order chi connectivity index (χ1) is 10.8. The zero-order valence-corrected chi connectivity index (χ0v) is 12.5. The first-order valence-corrected chi connectivity index (χ1v) is 7.85. The second-order valence-electron chi connectivity index (χ2n) is 6.14. The van der Waals surface area contributed by atoms with Crippen LogP contribution in [0.3, 0.4) is 0 Å². The smallest absolute Gasteiger partial charge is 0.316 e. The summed E-state index contributed by atoms with van der Waals surface area (Å²) < 4.78 is 6.02. The number of nitrogens with zero attached hydrogens (tertiary/aromatic N) is 3. The first kappa shape index (κ1) is 13.5. The van der Waals surface area contributed by atoms with Crippen molar-refractivity contribution >= 4 is 5.69 Å². The quantitative estimate of drug-likeness (QED) is 0.880. The van der Waals surface area contributed by atoms with Crippen LogP contribution >= 0.6 is 0 Å². The van der Waals surface area contributed by atoms with Gasteiger partial charge in [0.2, 0.25) is 0 Å². The average Bonchev–Trinajstić information content (AvgIpc) is 2.57. The number of fused-ring (bicyclic) bond motifs is 3. The molecule has 3 saturated heterocycles. The summed E-state index contributed by atoms with van der Waals surface area (Å²) in [5.74, 6) is 0.651. The lowest BCUT2D eigenvalue weighted by Gasteiger charge is -2.43. The molecule has 0 spiro atoms. The predicted molar refractivity (Wildman–Crippen MR) is 85.5 cm³/mol. The molecule has 1 aromatic carbocycles. The third-order valence-corrected chi connectivity index (χ3v) is 4.75. The molecule has 0 amide bonds. The Kier molecular flexibility index (Phi) is 3.42. The number of rotatable bonds is 3. The van der Waals surface area contributed by atoms with Gasteiger partial charge in [0.25, 0.3) is 0 Å². The topological polar surface area (TPSA) is 64.3 Å². The standard InChI is InChI=1S/C17H20N4O/c18-15-4-2-1-3-14(15)13-9-19-17(20-10-13)22-16-11-21-7-5-12(16)6-8-21/h1-4,9-10,12,16H,5-8,11,18H2/t16-/m0/s1. The van der Waals surface area contributed by atoms with E-state index in [-0.39, 0.29) is 6.10 Å². The number of nitrogens with two attached hydrogens (primary N) is 1. The van der Waals surface area contributed by atoms with Crippen molar-refractivity contribution < 1.29 is 4.74 Å². The maximum atomic E-state index is 6.02. The molecular weight excluding hydrogens is 276 g/mol. The number of ether oxygens (including phenoxy) is 1. The molecule has 0 aliphatic carbocycles. The number of hydrogen-bond acceptors (Lipinski definition) is 5. The van der Waals surface area contributed by atoms with E-state index in [1.54, 1.807) is 12.4 Å². The van der Waals surface area contributed by atoms with Crippen LogP contribution < -0.4 is 10.5 Å². The molecule has 0 saturated carbocycles. The van der Waals surface area contributed by atoms with Crippen LogP contribution in [0, 0.1) is 5.92 Å². The summed E-state index contributed by atoms with van der Waals surface area (Å²) in [5.41, 5.74) is 8.59. The van der Waals surface area contributed by atoms with E-state index in [1.165, 1.54) is 25.9 Å². The van der Waals surface area contributed by atoms with E-state index in [4.69, 9.17) is 10.5 Å². The molecule has 5 rings (SSSR count).